The molecule has 1 unspecified atom stereocenters. The summed E-state index contributed by atoms with van der Waals surface area (Å²) in [5.41, 5.74) is 12.5. The molecule has 132 valence electrons. The molecule has 25 heavy (non-hydrogen) atoms. The van der Waals surface area contributed by atoms with Crippen molar-refractivity contribution in [2.75, 3.05) is 12.8 Å². The molecule has 0 saturated carbocycles. The van der Waals surface area contributed by atoms with E-state index >= 15 is 0 Å². The normalized spacial score (nSPS) is 23.6. The third-order valence-electron chi connectivity index (χ3n) is 5.87. The molecule has 3 nitrogen and oxygen atoms in total. The van der Waals surface area contributed by atoms with E-state index in [0.717, 1.165) is 24.3 Å². The van der Waals surface area contributed by atoms with Gasteiger partial charge in [0, 0.05) is 17.5 Å². The van der Waals surface area contributed by atoms with Crippen LogP contribution in [0.3, 0.4) is 0 Å². The molecule has 0 saturated heterocycles. The van der Waals surface area contributed by atoms with E-state index < -0.39 is 0 Å². The van der Waals surface area contributed by atoms with Gasteiger partial charge in [-0.25, -0.2) is 0 Å². The molecule has 0 aromatic heterocycles. The fourth-order valence-electron chi connectivity index (χ4n) is 4.50. The highest BCUT2D eigenvalue weighted by Crippen LogP contribution is 2.50. The number of anilines is 1. The molecule has 2 aliphatic heterocycles. The van der Waals surface area contributed by atoms with Crippen molar-refractivity contribution in [2.24, 2.45) is 0 Å². The van der Waals surface area contributed by atoms with Gasteiger partial charge < -0.3 is 10.5 Å². The van der Waals surface area contributed by atoms with Gasteiger partial charge in [-0.3, -0.25) is 4.90 Å². The number of benzene rings is 2. The van der Waals surface area contributed by atoms with Gasteiger partial charge in [0.2, 0.25) is 0 Å². The highest BCUT2D eigenvalue weighted by atomic mass is 16.5. The summed E-state index contributed by atoms with van der Waals surface area (Å²) in [6, 6.07) is 13.2. The predicted molar refractivity (Wildman–Crippen MR) is 103 cm³/mol. The van der Waals surface area contributed by atoms with Gasteiger partial charge in [-0.15, -0.1) is 0 Å². The van der Waals surface area contributed by atoms with E-state index in [1.54, 1.807) is 0 Å². The Morgan fingerprint density at radius 3 is 2.44 bits per heavy atom. The molecule has 2 aromatic carbocycles. The average Bonchev–Trinajstić information content (AvgIpc) is 2.86. The van der Waals surface area contributed by atoms with Crippen LogP contribution < -0.4 is 10.5 Å². The zero-order valence-electron chi connectivity index (χ0n) is 15.9. The first kappa shape index (κ1) is 16.5. The molecular formula is C22H28N2O. The number of fused-ring (bicyclic) bond motifs is 3. The first-order valence-electron chi connectivity index (χ1n) is 9.11. The van der Waals surface area contributed by atoms with Crippen molar-refractivity contribution < 1.29 is 4.74 Å². The van der Waals surface area contributed by atoms with Crippen LogP contribution in [0.1, 0.15) is 56.0 Å². The summed E-state index contributed by atoms with van der Waals surface area (Å²) >= 11 is 0. The quantitative estimate of drug-likeness (QED) is 0.787. The Kier molecular flexibility index (Phi) is 3.46. The number of hydrogen-bond donors (Lipinski definition) is 1. The maximum atomic E-state index is 6.39. The second kappa shape index (κ2) is 5.25. The second-order valence-corrected chi connectivity index (χ2v) is 8.80. The number of ether oxygens (including phenoxy) is 1. The summed E-state index contributed by atoms with van der Waals surface area (Å²) in [4.78, 5) is 2.51. The fourth-order valence-corrected chi connectivity index (χ4v) is 4.50. The molecule has 3 heteroatoms. The number of nitrogen functional groups attached to an aromatic ring is 1. The van der Waals surface area contributed by atoms with Crippen LogP contribution in [0.25, 0.3) is 0 Å². The standard InChI is InChI=1S/C22H28N2O/c1-21(2)12-15-11-17(23)20-16(13-22(3,4)25-20)18(15)19(24(21)5)14-9-7-6-8-10-14/h6-11,19H,12-13,23H2,1-5H3. The van der Waals surface area contributed by atoms with Crippen LogP contribution in [0.2, 0.25) is 0 Å². The Bertz CT molecular complexity index is 824. The number of hydrogen-bond acceptors (Lipinski definition) is 3. The largest absolute Gasteiger partial charge is 0.485 e. The summed E-state index contributed by atoms with van der Waals surface area (Å²) < 4.78 is 6.22. The van der Waals surface area contributed by atoms with Crippen LogP contribution in [-0.2, 0) is 12.8 Å². The Labute approximate surface area is 150 Å². The lowest BCUT2D eigenvalue weighted by Gasteiger charge is -2.47. The average molecular weight is 336 g/mol. The molecular weight excluding hydrogens is 308 g/mol. The van der Waals surface area contributed by atoms with Crippen molar-refractivity contribution in [1.29, 1.82) is 0 Å². The van der Waals surface area contributed by atoms with E-state index in [1.807, 2.05) is 0 Å². The summed E-state index contributed by atoms with van der Waals surface area (Å²) in [6.07, 6.45) is 1.91. The van der Waals surface area contributed by atoms with Gasteiger partial charge in [0.25, 0.3) is 0 Å². The van der Waals surface area contributed by atoms with E-state index in [2.05, 4.69) is 76.0 Å². The summed E-state index contributed by atoms with van der Waals surface area (Å²) in [6.45, 7) is 8.92. The van der Waals surface area contributed by atoms with Gasteiger partial charge in [-0.1, -0.05) is 30.3 Å². The Balaban J connectivity index is 1.98. The molecule has 0 amide bonds. The molecule has 2 N–H and O–H groups in total. The van der Waals surface area contributed by atoms with E-state index in [9.17, 15) is 0 Å². The first-order chi connectivity index (χ1) is 11.7. The molecule has 0 aliphatic carbocycles. The Morgan fingerprint density at radius 1 is 1.08 bits per heavy atom. The molecule has 2 heterocycles. The van der Waals surface area contributed by atoms with Gasteiger partial charge in [0.05, 0.1) is 11.7 Å². The van der Waals surface area contributed by atoms with Crippen molar-refractivity contribution in [3.05, 3.63) is 58.7 Å². The van der Waals surface area contributed by atoms with Gasteiger partial charge in [-0.2, -0.15) is 0 Å². The SMILES string of the molecule is CN1C(c2ccccc2)c2c(cc(N)c3c2CC(C)(C)O3)CC1(C)C. The van der Waals surface area contributed by atoms with Gasteiger partial charge in [0.1, 0.15) is 11.4 Å². The van der Waals surface area contributed by atoms with Crippen molar-refractivity contribution in [3.63, 3.8) is 0 Å². The van der Waals surface area contributed by atoms with E-state index in [4.69, 9.17) is 10.5 Å². The molecule has 2 aromatic rings. The van der Waals surface area contributed by atoms with Crippen LogP contribution in [-0.4, -0.2) is 23.1 Å². The molecule has 0 spiro atoms. The Hall–Kier alpha value is -2.00. The third-order valence-corrected chi connectivity index (χ3v) is 5.87. The summed E-state index contributed by atoms with van der Waals surface area (Å²) in [5.74, 6) is 0.901. The highest BCUT2D eigenvalue weighted by molar-refractivity contribution is 5.67. The molecule has 2 aliphatic rings. The van der Waals surface area contributed by atoms with Crippen molar-refractivity contribution in [2.45, 2.75) is 57.7 Å². The number of nitrogens with zero attached hydrogens (tertiary/aromatic N) is 1. The van der Waals surface area contributed by atoms with Crippen LogP contribution in [0, 0.1) is 0 Å². The van der Waals surface area contributed by atoms with Crippen molar-refractivity contribution in [1.82, 2.24) is 4.90 Å². The second-order valence-electron chi connectivity index (χ2n) is 8.80. The first-order valence-corrected chi connectivity index (χ1v) is 9.11. The minimum absolute atomic E-state index is 0.0726. The van der Waals surface area contributed by atoms with E-state index in [1.165, 1.54) is 22.3 Å². The lowest BCUT2D eigenvalue weighted by Crippen LogP contribution is -2.49. The third kappa shape index (κ3) is 2.53. The number of nitrogens with two attached hydrogens (primary N) is 1. The van der Waals surface area contributed by atoms with E-state index in [0.29, 0.717) is 0 Å². The van der Waals surface area contributed by atoms with Gasteiger partial charge in [0.15, 0.2) is 0 Å². The van der Waals surface area contributed by atoms with Gasteiger partial charge >= 0.3 is 0 Å². The number of rotatable bonds is 1. The predicted octanol–water partition coefficient (Wildman–Crippen LogP) is 4.34. The Morgan fingerprint density at radius 2 is 1.76 bits per heavy atom. The van der Waals surface area contributed by atoms with Crippen molar-refractivity contribution >= 4 is 5.69 Å². The van der Waals surface area contributed by atoms with Crippen LogP contribution >= 0.6 is 0 Å². The van der Waals surface area contributed by atoms with Gasteiger partial charge in [-0.05, 0) is 63.9 Å². The maximum Gasteiger partial charge on any atom is 0.146 e. The lowest BCUT2D eigenvalue weighted by molar-refractivity contribution is 0.104. The molecule has 4 rings (SSSR count). The lowest BCUT2D eigenvalue weighted by atomic mass is 9.76. The van der Waals surface area contributed by atoms with Crippen molar-refractivity contribution in [3.8, 4) is 5.75 Å². The molecule has 0 radical (unpaired) electrons. The zero-order chi connectivity index (χ0) is 18.0. The smallest absolute Gasteiger partial charge is 0.146 e. The fraction of sp³-hybridized carbons (Fsp3) is 0.455. The maximum absolute atomic E-state index is 6.39. The van der Waals surface area contributed by atoms with Crippen LogP contribution in [0.4, 0.5) is 5.69 Å². The summed E-state index contributed by atoms with van der Waals surface area (Å²) in [7, 11) is 2.24. The minimum atomic E-state index is -0.196. The van der Waals surface area contributed by atoms with E-state index in [-0.39, 0.29) is 17.2 Å². The minimum Gasteiger partial charge on any atom is -0.485 e. The van der Waals surface area contributed by atoms with Crippen LogP contribution in [0.5, 0.6) is 5.75 Å². The highest BCUT2D eigenvalue weighted by Gasteiger charge is 2.43. The molecule has 1 atom stereocenters. The summed E-state index contributed by atoms with van der Waals surface area (Å²) in [5, 5.41) is 0. The monoisotopic (exact) mass is 336 g/mol. The molecule has 0 fully saturated rings. The molecule has 0 bridgehead atoms. The number of likely N-dealkylation sites (N-methyl/N-ethyl adjacent to an activating group) is 1. The zero-order valence-corrected chi connectivity index (χ0v) is 15.9. The van der Waals surface area contributed by atoms with Crippen LogP contribution in [0.15, 0.2) is 36.4 Å². The topological polar surface area (TPSA) is 38.5 Å².